The summed E-state index contributed by atoms with van der Waals surface area (Å²) < 4.78 is 7.79. The average molecular weight is 356 g/mol. The van der Waals surface area contributed by atoms with E-state index < -0.39 is 0 Å². The van der Waals surface area contributed by atoms with E-state index in [1.807, 2.05) is 35.0 Å². The summed E-state index contributed by atoms with van der Waals surface area (Å²) in [5.41, 5.74) is 7.36. The van der Waals surface area contributed by atoms with Gasteiger partial charge in [0.1, 0.15) is 12.3 Å². The molecular formula is C18H24N6O2. The quantitative estimate of drug-likeness (QED) is 0.539. The number of ether oxygens (including phenoxy) is 1. The number of fused-ring (bicyclic) bond motifs is 1. The van der Waals surface area contributed by atoms with Crippen molar-refractivity contribution >= 4 is 17.4 Å². The Bertz CT molecular complexity index is 818. The maximum Gasteiger partial charge on any atom is 0.222 e. The lowest BCUT2D eigenvalue weighted by molar-refractivity contribution is 0.265. The number of nitrogens with zero attached hydrogens (tertiary/aromatic N) is 4. The van der Waals surface area contributed by atoms with Crippen LogP contribution in [0.5, 0.6) is 5.75 Å². The van der Waals surface area contributed by atoms with Crippen LogP contribution in [0.4, 0.5) is 11.8 Å². The zero-order valence-corrected chi connectivity index (χ0v) is 14.8. The van der Waals surface area contributed by atoms with Gasteiger partial charge in [0.05, 0.1) is 24.5 Å². The van der Waals surface area contributed by atoms with Gasteiger partial charge >= 0.3 is 0 Å². The van der Waals surface area contributed by atoms with Gasteiger partial charge in [-0.2, -0.15) is 4.98 Å². The maximum absolute atomic E-state index is 9.57. The summed E-state index contributed by atoms with van der Waals surface area (Å²) >= 11 is 0. The molecule has 0 bridgehead atoms. The van der Waals surface area contributed by atoms with Gasteiger partial charge in [0.2, 0.25) is 5.95 Å². The number of rotatable bonds is 9. The standard InChI is InChI=1S/C18H24N6O2/c1-2-3-6-13(11-25)22-17-15(9-20-18(19)23-17)26-12-14-10-24-8-5-4-7-16(24)21-14/h4-5,7-10,13,25H,2-3,6,11-12H2,1H3,(H3,19,20,22,23)/t13-/m0/s1. The molecule has 0 aliphatic rings. The molecule has 0 saturated carbocycles. The molecule has 3 aromatic rings. The van der Waals surface area contributed by atoms with Crippen molar-refractivity contribution in [2.75, 3.05) is 17.7 Å². The molecule has 0 amide bonds. The van der Waals surface area contributed by atoms with E-state index in [4.69, 9.17) is 10.5 Å². The first-order chi connectivity index (χ1) is 12.7. The summed E-state index contributed by atoms with van der Waals surface area (Å²) in [6, 6.07) is 5.71. The van der Waals surface area contributed by atoms with Gasteiger partial charge in [0.15, 0.2) is 11.6 Å². The fourth-order valence-corrected chi connectivity index (χ4v) is 2.65. The number of aromatic nitrogens is 4. The predicted molar refractivity (Wildman–Crippen MR) is 100.0 cm³/mol. The van der Waals surface area contributed by atoms with Crippen LogP contribution in [0.1, 0.15) is 31.9 Å². The van der Waals surface area contributed by atoms with Crippen LogP contribution in [-0.2, 0) is 6.61 Å². The van der Waals surface area contributed by atoms with Crippen LogP contribution in [-0.4, -0.2) is 37.1 Å². The van der Waals surface area contributed by atoms with Crippen LogP contribution in [0.15, 0.2) is 36.8 Å². The molecule has 0 unspecified atom stereocenters. The fraction of sp³-hybridized carbons (Fsp3) is 0.389. The van der Waals surface area contributed by atoms with Crippen molar-refractivity contribution in [3.8, 4) is 5.75 Å². The summed E-state index contributed by atoms with van der Waals surface area (Å²) in [6.07, 6.45) is 8.29. The molecule has 0 aliphatic carbocycles. The number of unbranched alkanes of at least 4 members (excludes halogenated alkanes) is 1. The van der Waals surface area contributed by atoms with Crippen LogP contribution < -0.4 is 15.8 Å². The highest BCUT2D eigenvalue weighted by molar-refractivity contribution is 5.52. The first-order valence-corrected chi connectivity index (χ1v) is 8.75. The number of anilines is 2. The molecule has 0 saturated heterocycles. The number of aliphatic hydroxyl groups is 1. The van der Waals surface area contributed by atoms with Crippen LogP contribution in [0, 0.1) is 0 Å². The SMILES string of the molecule is CCCC[C@@H](CO)Nc1nc(N)ncc1OCc1cn2ccccc2n1. The molecule has 138 valence electrons. The van der Waals surface area contributed by atoms with E-state index in [-0.39, 0.29) is 25.2 Å². The molecule has 3 rings (SSSR count). The Labute approximate surface area is 152 Å². The number of pyridine rings is 1. The number of aliphatic hydroxyl groups excluding tert-OH is 1. The predicted octanol–water partition coefficient (Wildman–Crippen LogP) is 2.25. The smallest absolute Gasteiger partial charge is 0.222 e. The molecule has 8 nitrogen and oxygen atoms in total. The van der Waals surface area contributed by atoms with Crippen LogP contribution in [0.25, 0.3) is 5.65 Å². The van der Waals surface area contributed by atoms with Crippen molar-refractivity contribution in [3.05, 3.63) is 42.5 Å². The van der Waals surface area contributed by atoms with Gasteiger partial charge in [-0.3, -0.25) is 0 Å². The van der Waals surface area contributed by atoms with Gasteiger partial charge in [-0.05, 0) is 18.6 Å². The molecule has 0 aliphatic heterocycles. The van der Waals surface area contributed by atoms with Crippen molar-refractivity contribution in [1.82, 2.24) is 19.4 Å². The molecule has 4 N–H and O–H groups in total. The van der Waals surface area contributed by atoms with Crippen LogP contribution >= 0.6 is 0 Å². The number of nitrogen functional groups attached to an aromatic ring is 1. The molecule has 0 aromatic carbocycles. The summed E-state index contributed by atoms with van der Waals surface area (Å²) in [5.74, 6) is 1.11. The highest BCUT2D eigenvalue weighted by atomic mass is 16.5. The van der Waals surface area contributed by atoms with E-state index >= 15 is 0 Å². The number of imidazole rings is 1. The minimum absolute atomic E-state index is 0.00971. The molecule has 0 spiro atoms. The summed E-state index contributed by atoms with van der Waals surface area (Å²) in [5, 5.41) is 12.8. The molecule has 8 heteroatoms. The number of nitrogens with one attached hydrogen (secondary N) is 1. The first-order valence-electron chi connectivity index (χ1n) is 8.75. The Morgan fingerprint density at radius 3 is 3.00 bits per heavy atom. The normalized spacial score (nSPS) is 12.2. The monoisotopic (exact) mass is 356 g/mol. The van der Waals surface area contributed by atoms with Gasteiger partial charge in [-0.15, -0.1) is 0 Å². The Morgan fingerprint density at radius 2 is 2.23 bits per heavy atom. The third-order valence-electron chi connectivity index (χ3n) is 4.03. The second-order valence-corrected chi connectivity index (χ2v) is 6.09. The lowest BCUT2D eigenvalue weighted by Gasteiger charge is -2.18. The first kappa shape index (κ1) is 17.9. The van der Waals surface area contributed by atoms with Crippen molar-refractivity contribution in [2.24, 2.45) is 0 Å². The number of nitrogens with two attached hydrogens (primary N) is 1. The zero-order chi connectivity index (χ0) is 18.4. The fourth-order valence-electron chi connectivity index (χ4n) is 2.65. The molecule has 0 radical (unpaired) electrons. The highest BCUT2D eigenvalue weighted by Gasteiger charge is 2.14. The van der Waals surface area contributed by atoms with Gasteiger partial charge in [0.25, 0.3) is 0 Å². The van der Waals surface area contributed by atoms with Crippen molar-refractivity contribution in [1.29, 1.82) is 0 Å². The summed E-state index contributed by atoms with van der Waals surface area (Å²) in [4.78, 5) is 12.7. The second-order valence-electron chi connectivity index (χ2n) is 6.09. The highest BCUT2D eigenvalue weighted by Crippen LogP contribution is 2.24. The second kappa shape index (κ2) is 8.48. The lowest BCUT2D eigenvalue weighted by atomic mass is 10.1. The van der Waals surface area contributed by atoms with Crippen molar-refractivity contribution < 1.29 is 9.84 Å². The van der Waals surface area contributed by atoms with E-state index in [2.05, 4.69) is 27.2 Å². The number of hydrogen-bond donors (Lipinski definition) is 3. The van der Waals surface area contributed by atoms with E-state index in [1.54, 1.807) is 0 Å². The molecule has 3 heterocycles. The van der Waals surface area contributed by atoms with Crippen LogP contribution in [0.3, 0.4) is 0 Å². The molecule has 3 aromatic heterocycles. The number of hydrogen-bond acceptors (Lipinski definition) is 7. The third-order valence-corrected chi connectivity index (χ3v) is 4.03. The minimum atomic E-state index is -0.109. The topological polar surface area (TPSA) is 111 Å². The van der Waals surface area contributed by atoms with Gasteiger partial charge in [-0.1, -0.05) is 25.8 Å². The summed E-state index contributed by atoms with van der Waals surface area (Å²) in [7, 11) is 0. The molecule has 26 heavy (non-hydrogen) atoms. The average Bonchev–Trinajstić information content (AvgIpc) is 3.07. The zero-order valence-electron chi connectivity index (χ0n) is 14.8. The minimum Gasteiger partial charge on any atom is -0.482 e. The van der Waals surface area contributed by atoms with E-state index in [9.17, 15) is 5.11 Å². The molecule has 1 atom stereocenters. The Balaban J connectivity index is 1.72. The molecular weight excluding hydrogens is 332 g/mol. The van der Waals surface area contributed by atoms with Gasteiger partial charge in [0, 0.05) is 12.4 Å². The maximum atomic E-state index is 9.57. The summed E-state index contributed by atoms with van der Waals surface area (Å²) in [6.45, 7) is 2.40. The Kier molecular flexibility index (Phi) is 5.85. The van der Waals surface area contributed by atoms with Crippen molar-refractivity contribution in [3.63, 3.8) is 0 Å². The van der Waals surface area contributed by atoms with E-state index in [0.29, 0.717) is 11.6 Å². The van der Waals surface area contributed by atoms with Gasteiger partial charge < -0.3 is 25.3 Å². The largest absolute Gasteiger partial charge is 0.482 e. The third kappa shape index (κ3) is 4.40. The van der Waals surface area contributed by atoms with E-state index in [0.717, 1.165) is 30.6 Å². The molecule has 0 fully saturated rings. The van der Waals surface area contributed by atoms with Crippen LogP contribution in [0.2, 0.25) is 0 Å². The lowest BCUT2D eigenvalue weighted by Crippen LogP contribution is -2.25. The Hall–Kier alpha value is -2.87. The van der Waals surface area contributed by atoms with Gasteiger partial charge in [-0.25, -0.2) is 9.97 Å². The van der Waals surface area contributed by atoms with E-state index in [1.165, 1.54) is 6.20 Å². The van der Waals surface area contributed by atoms with Crippen molar-refractivity contribution in [2.45, 2.75) is 38.8 Å². The Morgan fingerprint density at radius 1 is 1.35 bits per heavy atom.